The van der Waals surface area contributed by atoms with Crippen molar-refractivity contribution >= 4 is 44.5 Å². The monoisotopic (exact) mass is 447 g/mol. The third kappa shape index (κ3) is 4.12. The van der Waals surface area contributed by atoms with Crippen molar-refractivity contribution in [2.45, 2.75) is 6.92 Å². The van der Waals surface area contributed by atoms with E-state index in [-0.39, 0.29) is 5.76 Å². The van der Waals surface area contributed by atoms with Crippen molar-refractivity contribution in [3.05, 3.63) is 52.2 Å². The van der Waals surface area contributed by atoms with Crippen molar-refractivity contribution in [3.8, 4) is 11.5 Å². The molecule has 1 amide bonds. The molecule has 0 atom stereocenters. The summed E-state index contributed by atoms with van der Waals surface area (Å²) in [6, 6.07) is 10.4. The predicted octanol–water partition coefficient (Wildman–Crippen LogP) is 4.32. The molecule has 0 unspecified atom stereocenters. The quantitative estimate of drug-likeness (QED) is 0.566. The van der Waals surface area contributed by atoms with Gasteiger partial charge in [-0.25, -0.2) is 4.79 Å². The Morgan fingerprint density at radius 2 is 1.89 bits per heavy atom. The number of halogens is 1. The maximum atomic E-state index is 12.3. The number of aryl methyl sites for hydroxylation is 1. The number of anilines is 1. The summed E-state index contributed by atoms with van der Waals surface area (Å²) in [5.41, 5.74) is 1.66. The van der Waals surface area contributed by atoms with E-state index in [9.17, 15) is 9.59 Å². The highest BCUT2D eigenvalue weighted by molar-refractivity contribution is 9.10. The van der Waals surface area contributed by atoms with E-state index in [1.807, 2.05) is 12.1 Å². The minimum atomic E-state index is -0.707. The first kappa shape index (κ1) is 19.8. The summed E-state index contributed by atoms with van der Waals surface area (Å²) in [5.74, 6) is -0.121. The van der Waals surface area contributed by atoms with Crippen LogP contribution in [-0.2, 0) is 9.53 Å². The number of furan rings is 1. The van der Waals surface area contributed by atoms with Crippen LogP contribution in [0.1, 0.15) is 16.1 Å². The highest BCUT2D eigenvalue weighted by atomic mass is 79.9. The van der Waals surface area contributed by atoms with Crippen molar-refractivity contribution in [1.29, 1.82) is 0 Å². The van der Waals surface area contributed by atoms with Crippen molar-refractivity contribution in [1.82, 2.24) is 0 Å². The minimum Gasteiger partial charge on any atom is -0.497 e. The number of rotatable bonds is 6. The van der Waals surface area contributed by atoms with Gasteiger partial charge in [-0.1, -0.05) is 15.9 Å². The normalized spacial score (nSPS) is 10.6. The molecule has 0 spiro atoms. The van der Waals surface area contributed by atoms with Gasteiger partial charge in [0.25, 0.3) is 5.91 Å². The molecule has 1 aromatic heterocycles. The average molecular weight is 448 g/mol. The predicted molar refractivity (Wildman–Crippen MR) is 107 cm³/mol. The van der Waals surface area contributed by atoms with Gasteiger partial charge in [-0.2, -0.15) is 0 Å². The molecule has 146 valence electrons. The molecule has 0 aliphatic heterocycles. The van der Waals surface area contributed by atoms with Crippen molar-refractivity contribution in [2.24, 2.45) is 0 Å². The highest BCUT2D eigenvalue weighted by Gasteiger charge is 2.20. The van der Waals surface area contributed by atoms with Crippen molar-refractivity contribution in [3.63, 3.8) is 0 Å². The summed E-state index contributed by atoms with van der Waals surface area (Å²) in [5, 5.41) is 3.43. The maximum Gasteiger partial charge on any atom is 0.375 e. The smallest absolute Gasteiger partial charge is 0.375 e. The standard InChI is InChI=1S/C20H18BrNO6/c1-11-14-8-12(21)4-7-16(14)28-19(11)20(24)27-10-18(23)22-15-6-5-13(25-2)9-17(15)26-3/h4-9H,10H2,1-3H3,(H,22,23). The molecule has 0 fully saturated rings. The van der Waals surface area contributed by atoms with E-state index in [1.54, 1.807) is 31.2 Å². The van der Waals surface area contributed by atoms with Gasteiger partial charge in [0, 0.05) is 21.5 Å². The van der Waals surface area contributed by atoms with Crippen LogP contribution in [0, 0.1) is 6.92 Å². The fourth-order valence-corrected chi connectivity index (χ4v) is 3.03. The van der Waals surface area contributed by atoms with Crippen LogP contribution in [0.25, 0.3) is 11.0 Å². The first-order valence-corrected chi connectivity index (χ1v) is 9.10. The third-order valence-corrected chi connectivity index (χ3v) is 4.59. The number of amides is 1. The molecule has 0 saturated carbocycles. The molecular formula is C20H18BrNO6. The number of carbonyl (C=O) groups is 2. The topological polar surface area (TPSA) is 87.0 Å². The van der Waals surface area contributed by atoms with Gasteiger partial charge in [0.15, 0.2) is 6.61 Å². The summed E-state index contributed by atoms with van der Waals surface area (Å²) in [4.78, 5) is 24.5. The zero-order chi connectivity index (χ0) is 20.3. The lowest BCUT2D eigenvalue weighted by molar-refractivity contribution is -0.119. The van der Waals surface area contributed by atoms with Gasteiger partial charge in [0.2, 0.25) is 5.76 Å². The number of fused-ring (bicyclic) bond motifs is 1. The number of nitrogens with one attached hydrogen (secondary N) is 1. The molecule has 0 bridgehead atoms. The summed E-state index contributed by atoms with van der Waals surface area (Å²) in [7, 11) is 3.01. The van der Waals surface area contributed by atoms with Crippen LogP contribution in [-0.4, -0.2) is 32.7 Å². The molecule has 3 aromatic rings. The number of ether oxygens (including phenoxy) is 3. The van der Waals surface area contributed by atoms with E-state index in [4.69, 9.17) is 18.6 Å². The van der Waals surface area contributed by atoms with Crippen molar-refractivity contribution in [2.75, 3.05) is 26.1 Å². The third-order valence-electron chi connectivity index (χ3n) is 4.10. The number of carbonyl (C=O) groups excluding carboxylic acids is 2. The second-order valence-corrected chi connectivity index (χ2v) is 6.80. The van der Waals surface area contributed by atoms with Gasteiger partial charge in [0.05, 0.1) is 19.9 Å². The zero-order valence-corrected chi connectivity index (χ0v) is 17.1. The van der Waals surface area contributed by atoms with E-state index in [0.717, 1.165) is 9.86 Å². The average Bonchev–Trinajstić information content (AvgIpc) is 3.02. The molecule has 0 aliphatic rings. The van der Waals surface area contributed by atoms with Crippen LogP contribution >= 0.6 is 15.9 Å². The zero-order valence-electron chi connectivity index (χ0n) is 15.5. The van der Waals surface area contributed by atoms with Crippen LogP contribution in [0.4, 0.5) is 5.69 Å². The lowest BCUT2D eigenvalue weighted by atomic mass is 10.1. The Labute approximate surface area is 169 Å². The molecule has 2 aromatic carbocycles. The number of hydrogen-bond donors (Lipinski definition) is 1. The lowest BCUT2D eigenvalue weighted by Crippen LogP contribution is -2.21. The van der Waals surface area contributed by atoms with E-state index < -0.39 is 18.5 Å². The number of benzene rings is 2. The first-order chi connectivity index (χ1) is 13.4. The number of esters is 1. The van der Waals surface area contributed by atoms with Crippen LogP contribution in [0.15, 0.2) is 45.3 Å². The molecule has 28 heavy (non-hydrogen) atoms. The Morgan fingerprint density at radius 1 is 1.11 bits per heavy atom. The Hall–Kier alpha value is -3.00. The lowest BCUT2D eigenvalue weighted by Gasteiger charge is -2.11. The first-order valence-electron chi connectivity index (χ1n) is 8.30. The minimum absolute atomic E-state index is 0.0722. The van der Waals surface area contributed by atoms with E-state index in [1.165, 1.54) is 14.2 Å². The molecule has 3 rings (SSSR count). The van der Waals surface area contributed by atoms with Gasteiger partial charge < -0.3 is 23.9 Å². The van der Waals surface area contributed by atoms with Gasteiger partial charge in [-0.05, 0) is 37.3 Å². The summed E-state index contributed by atoms with van der Waals surface area (Å²) in [6.07, 6.45) is 0. The SMILES string of the molecule is COc1ccc(NC(=O)COC(=O)c2oc3ccc(Br)cc3c2C)c(OC)c1. The Bertz CT molecular complexity index is 1040. The van der Waals surface area contributed by atoms with Crippen molar-refractivity contribution < 1.29 is 28.2 Å². The van der Waals surface area contributed by atoms with Crippen LogP contribution in [0.2, 0.25) is 0 Å². The van der Waals surface area contributed by atoms with Crippen LogP contribution in [0.5, 0.6) is 11.5 Å². The van der Waals surface area contributed by atoms with Gasteiger partial charge in [-0.3, -0.25) is 4.79 Å². The largest absolute Gasteiger partial charge is 0.497 e. The second kappa shape index (κ2) is 8.35. The molecular weight excluding hydrogens is 430 g/mol. The van der Waals surface area contributed by atoms with Crippen LogP contribution in [0.3, 0.4) is 0 Å². The van der Waals surface area contributed by atoms with Gasteiger partial charge in [-0.15, -0.1) is 0 Å². The second-order valence-electron chi connectivity index (χ2n) is 5.89. The van der Waals surface area contributed by atoms with Gasteiger partial charge >= 0.3 is 5.97 Å². The highest BCUT2D eigenvalue weighted by Crippen LogP contribution is 2.30. The molecule has 0 saturated heterocycles. The summed E-state index contributed by atoms with van der Waals surface area (Å²) in [6.45, 7) is 1.30. The molecule has 1 heterocycles. The van der Waals surface area contributed by atoms with E-state index in [0.29, 0.717) is 28.3 Å². The van der Waals surface area contributed by atoms with Crippen LogP contribution < -0.4 is 14.8 Å². The fraction of sp³-hybridized carbons (Fsp3) is 0.200. The maximum absolute atomic E-state index is 12.3. The van der Waals surface area contributed by atoms with E-state index >= 15 is 0 Å². The van der Waals surface area contributed by atoms with Gasteiger partial charge in [0.1, 0.15) is 17.1 Å². The Kier molecular flexibility index (Phi) is 5.89. The summed E-state index contributed by atoms with van der Waals surface area (Å²) >= 11 is 3.39. The summed E-state index contributed by atoms with van der Waals surface area (Å²) < 4.78 is 21.9. The van der Waals surface area contributed by atoms with E-state index in [2.05, 4.69) is 21.2 Å². The molecule has 8 heteroatoms. The molecule has 0 radical (unpaired) electrons. The molecule has 1 N–H and O–H groups in total. The Morgan fingerprint density at radius 3 is 2.61 bits per heavy atom. The Balaban J connectivity index is 1.66. The number of hydrogen-bond acceptors (Lipinski definition) is 6. The number of methoxy groups -OCH3 is 2. The molecule has 0 aliphatic carbocycles. The fourth-order valence-electron chi connectivity index (χ4n) is 2.67. The molecule has 7 nitrogen and oxygen atoms in total.